The molecule has 5 nitrogen and oxygen atoms in total. The van der Waals surface area contributed by atoms with Crippen molar-refractivity contribution in [3.8, 4) is 0 Å². The first-order chi connectivity index (χ1) is 6.95. The van der Waals surface area contributed by atoms with Gasteiger partial charge in [-0.05, 0) is 13.8 Å². The van der Waals surface area contributed by atoms with Crippen LogP contribution in [-0.4, -0.2) is 27.0 Å². The number of carbonyl (C=O) groups is 1. The van der Waals surface area contributed by atoms with E-state index < -0.39 is 11.4 Å². The van der Waals surface area contributed by atoms with Gasteiger partial charge in [-0.15, -0.1) is 0 Å². The van der Waals surface area contributed by atoms with Crippen molar-refractivity contribution < 1.29 is 9.90 Å². The zero-order valence-electron chi connectivity index (χ0n) is 9.07. The molecule has 84 valence electrons. The van der Waals surface area contributed by atoms with E-state index >= 15 is 0 Å². The number of nitrogens with zero attached hydrogens (tertiary/aromatic N) is 2. The molecule has 15 heavy (non-hydrogen) atoms. The van der Waals surface area contributed by atoms with Crippen molar-refractivity contribution in [1.29, 1.82) is 0 Å². The van der Waals surface area contributed by atoms with Gasteiger partial charge in [0.05, 0.1) is 5.41 Å². The van der Waals surface area contributed by atoms with E-state index in [1.807, 2.05) is 6.92 Å². The first-order valence-corrected chi connectivity index (χ1v) is 5.53. The Bertz CT molecular complexity index is 349. The molecule has 0 radical (unpaired) electrons. The van der Waals surface area contributed by atoms with Crippen LogP contribution in [0.3, 0.4) is 0 Å². The highest BCUT2D eigenvalue weighted by atomic mass is 32.1. The van der Waals surface area contributed by atoms with E-state index in [1.165, 1.54) is 11.5 Å². The number of nitrogens with one attached hydrogen (secondary N) is 1. The third kappa shape index (κ3) is 3.16. The van der Waals surface area contributed by atoms with Crippen LogP contribution < -0.4 is 5.32 Å². The van der Waals surface area contributed by atoms with Crippen LogP contribution in [0.25, 0.3) is 0 Å². The monoisotopic (exact) mass is 229 g/mol. The van der Waals surface area contributed by atoms with Crippen LogP contribution in [0.2, 0.25) is 0 Å². The number of rotatable bonds is 5. The van der Waals surface area contributed by atoms with Gasteiger partial charge in [0.2, 0.25) is 5.13 Å². The van der Waals surface area contributed by atoms with E-state index in [4.69, 9.17) is 5.11 Å². The Kier molecular flexibility index (Phi) is 3.62. The second kappa shape index (κ2) is 4.57. The molecule has 2 N–H and O–H groups in total. The summed E-state index contributed by atoms with van der Waals surface area (Å²) in [6, 6.07) is 0. The van der Waals surface area contributed by atoms with E-state index in [1.54, 1.807) is 13.8 Å². The lowest BCUT2D eigenvalue weighted by Crippen LogP contribution is -2.31. The summed E-state index contributed by atoms with van der Waals surface area (Å²) in [5.74, 6) is -0.0362. The Labute approximate surface area is 92.7 Å². The number of hydrogen-bond acceptors (Lipinski definition) is 5. The molecule has 0 aliphatic rings. The van der Waals surface area contributed by atoms with Crippen LogP contribution in [0.15, 0.2) is 0 Å². The second-order valence-electron chi connectivity index (χ2n) is 3.91. The molecule has 1 aromatic heterocycles. The Balaban J connectivity index is 2.53. The molecule has 0 aromatic carbocycles. The summed E-state index contributed by atoms with van der Waals surface area (Å²) < 4.78 is 4.10. The number of aryl methyl sites for hydroxylation is 1. The van der Waals surface area contributed by atoms with Crippen LogP contribution in [0.5, 0.6) is 0 Å². The molecule has 0 fully saturated rings. The minimum Gasteiger partial charge on any atom is -0.481 e. The van der Waals surface area contributed by atoms with Gasteiger partial charge in [-0.3, -0.25) is 4.79 Å². The van der Waals surface area contributed by atoms with Gasteiger partial charge in [0.25, 0.3) is 0 Å². The average molecular weight is 229 g/mol. The molecule has 0 saturated carbocycles. The quantitative estimate of drug-likeness (QED) is 0.802. The van der Waals surface area contributed by atoms with Crippen LogP contribution in [0.1, 0.15) is 26.6 Å². The van der Waals surface area contributed by atoms with E-state index in [0.29, 0.717) is 11.7 Å². The Morgan fingerprint density at radius 1 is 1.60 bits per heavy atom. The molecule has 0 spiro atoms. The highest BCUT2D eigenvalue weighted by molar-refractivity contribution is 7.09. The summed E-state index contributed by atoms with van der Waals surface area (Å²) in [7, 11) is 0. The van der Waals surface area contributed by atoms with E-state index in [0.717, 1.165) is 12.2 Å². The second-order valence-corrected chi connectivity index (χ2v) is 4.66. The molecule has 0 atom stereocenters. The molecule has 0 aliphatic carbocycles. The van der Waals surface area contributed by atoms with Crippen molar-refractivity contribution in [2.75, 3.05) is 11.9 Å². The normalized spacial score (nSPS) is 11.4. The largest absolute Gasteiger partial charge is 0.481 e. The molecular weight excluding hydrogens is 214 g/mol. The standard InChI is InChI=1S/C9H15N3O2S/c1-4-6-11-8(15-12-6)10-5-9(2,3)7(13)14/h4-5H2,1-3H3,(H,13,14)(H,10,11,12). The average Bonchev–Trinajstić information content (AvgIpc) is 2.62. The Morgan fingerprint density at radius 2 is 2.27 bits per heavy atom. The lowest BCUT2D eigenvalue weighted by molar-refractivity contribution is -0.146. The van der Waals surface area contributed by atoms with Crippen molar-refractivity contribution in [3.63, 3.8) is 0 Å². The lowest BCUT2D eigenvalue weighted by atomic mass is 9.94. The molecule has 0 amide bonds. The molecule has 1 aromatic rings. The molecule has 0 saturated heterocycles. The smallest absolute Gasteiger partial charge is 0.310 e. The number of carboxylic acid groups (broad SMARTS) is 1. The SMILES string of the molecule is CCc1nsc(NCC(C)(C)C(=O)O)n1. The lowest BCUT2D eigenvalue weighted by Gasteiger charge is -2.18. The predicted octanol–water partition coefficient (Wildman–Crippen LogP) is 1.62. The van der Waals surface area contributed by atoms with E-state index in [-0.39, 0.29) is 0 Å². The third-order valence-electron chi connectivity index (χ3n) is 2.04. The fraction of sp³-hybridized carbons (Fsp3) is 0.667. The van der Waals surface area contributed by atoms with Gasteiger partial charge in [-0.1, -0.05) is 6.92 Å². The highest BCUT2D eigenvalue weighted by Gasteiger charge is 2.27. The minimum atomic E-state index is -0.824. The van der Waals surface area contributed by atoms with Crippen molar-refractivity contribution in [1.82, 2.24) is 9.36 Å². The molecule has 1 heterocycles. The van der Waals surface area contributed by atoms with Crippen molar-refractivity contribution in [3.05, 3.63) is 5.82 Å². The number of aliphatic carboxylic acids is 1. The first-order valence-electron chi connectivity index (χ1n) is 4.75. The van der Waals surface area contributed by atoms with Crippen LogP contribution >= 0.6 is 11.5 Å². The fourth-order valence-electron chi connectivity index (χ4n) is 0.842. The predicted molar refractivity (Wildman–Crippen MR) is 59.2 cm³/mol. The minimum absolute atomic E-state index is 0.348. The van der Waals surface area contributed by atoms with Gasteiger partial charge in [-0.25, -0.2) is 4.98 Å². The van der Waals surface area contributed by atoms with Gasteiger partial charge in [-0.2, -0.15) is 4.37 Å². The molecule has 0 aliphatic heterocycles. The third-order valence-corrected chi connectivity index (χ3v) is 2.76. The van der Waals surface area contributed by atoms with Gasteiger partial charge < -0.3 is 10.4 Å². The molecule has 1 rings (SSSR count). The van der Waals surface area contributed by atoms with Crippen molar-refractivity contribution in [2.45, 2.75) is 27.2 Å². The summed E-state index contributed by atoms with van der Waals surface area (Å²) in [5.41, 5.74) is -0.794. The Hall–Kier alpha value is -1.17. The van der Waals surface area contributed by atoms with E-state index in [2.05, 4.69) is 14.7 Å². The number of carboxylic acids is 1. The summed E-state index contributed by atoms with van der Waals surface area (Å²) in [5, 5.41) is 12.6. The van der Waals surface area contributed by atoms with Crippen LogP contribution in [0, 0.1) is 5.41 Å². The highest BCUT2D eigenvalue weighted by Crippen LogP contribution is 2.18. The molecule has 6 heteroatoms. The summed E-state index contributed by atoms with van der Waals surface area (Å²) in [6.07, 6.45) is 0.792. The maximum absolute atomic E-state index is 10.8. The van der Waals surface area contributed by atoms with Crippen molar-refractivity contribution in [2.24, 2.45) is 5.41 Å². The maximum atomic E-state index is 10.8. The number of aromatic nitrogens is 2. The first kappa shape index (κ1) is 11.9. The zero-order valence-corrected chi connectivity index (χ0v) is 9.89. The summed E-state index contributed by atoms with van der Waals surface area (Å²) in [4.78, 5) is 15.0. The van der Waals surface area contributed by atoms with Crippen LogP contribution in [0.4, 0.5) is 5.13 Å². The van der Waals surface area contributed by atoms with Crippen molar-refractivity contribution >= 4 is 22.6 Å². The summed E-state index contributed by atoms with van der Waals surface area (Å²) >= 11 is 1.26. The number of anilines is 1. The topological polar surface area (TPSA) is 75.1 Å². The van der Waals surface area contributed by atoms with Gasteiger partial charge >= 0.3 is 5.97 Å². The van der Waals surface area contributed by atoms with Gasteiger partial charge in [0.15, 0.2) is 0 Å². The van der Waals surface area contributed by atoms with Crippen LogP contribution in [-0.2, 0) is 11.2 Å². The fourth-order valence-corrected chi connectivity index (χ4v) is 1.49. The molecule has 0 unspecified atom stereocenters. The zero-order chi connectivity index (χ0) is 11.5. The molecule has 0 bridgehead atoms. The number of hydrogen-bond donors (Lipinski definition) is 2. The Morgan fingerprint density at radius 3 is 2.73 bits per heavy atom. The van der Waals surface area contributed by atoms with E-state index in [9.17, 15) is 4.79 Å². The maximum Gasteiger partial charge on any atom is 0.310 e. The van der Waals surface area contributed by atoms with Gasteiger partial charge in [0, 0.05) is 24.5 Å². The summed E-state index contributed by atoms with van der Waals surface area (Å²) in [6.45, 7) is 5.67. The van der Waals surface area contributed by atoms with Gasteiger partial charge in [0.1, 0.15) is 5.82 Å². The molecular formula is C9H15N3O2S.